The maximum atomic E-state index is 15.2. The fraction of sp³-hybridized carbons (Fsp3) is 0.333. The van der Waals surface area contributed by atoms with Crippen molar-refractivity contribution < 1.29 is 18.3 Å². The first-order valence-electron chi connectivity index (χ1n) is 10.5. The number of ether oxygens (including phenoxy) is 2. The van der Waals surface area contributed by atoms with E-state index >= 15 is 4.39 Å². The highest BCUT2D eigenvalue weighted by atomic mass is 19.1. The Morgan fingerprint density at radius 2 is 1.19 bits per heavy atom. The highest BCUT2D eigenvalue weighted by Gasteiger charge is 2.28. The topological polar surface area (TPSA) is 18.5 Å². The summed E-state index contributed by atoms with van der Waals surface area (Å²) < 4.78 is 41.7. The van der Waals surface area contributed by atoms with E-state index in [-0.39, 0.29) is 35.9 Å². The van der Waals surface area contributed by atoms with Crippen molar-refractivity contribution in [1.82, 2.24) is 0 Å². The lowest BCUT2D eigenvalue weighted by Crippen LogP contribution is -2.28. The van der Waals surface area contributed by atoms with Gasteiger partial charge in [0.1, 0.15) is 6.61 Å². The Morgan fingerprint density at radius 3 is 1.81 bits per heavy atom. The second-order valence-electron chi connectivity index (χ2n) is 9.43. The number of hydrogen-bond acceptors (Lipinski definition) is 2. The van der Waals surface area contributed by atoms with Crippen molar-refractivity contribution >= 4 is 0 Å². The molecule has 0 spiro atoms. The Kier molecular flexibility index (Phi) is 6.68. The van der Waals surface area contributed by atoms with Crippen molar-refractivity contribution in [3.63, 3.8) is 0 Å². The first-order chi connectivity index (χ1) is 14.6. The Hall–Kier alpha value is -2.88. The standard InChI is InChI=1S/C27H30F2O2/c1-26(2,3)20-13-9-16-23(24(20)28)31-18-27(4,5)21-14-10-15-22(25(21)29)30-17-19-11-7-6-8-12-19/h6-16H,17-18H2,1-5H3. The van der Waals surface area contributed by atoms with E-state index in [0.717, 1.165) is 5.56 Å². The fourth-order valence-corrected chi connectivity index (χ4v) is 3.42. The maximum absolute atomic E-state index is 15.2. The van der Waals surface area contributed by atoms with Gasteiger partial charge in [-0.1, -0.05) is 89.2 Å². The summed E-state index contributed by atoms with van der Waals surface area (Å²) in [4.78, 5) is 0. The van der Waals surface area contributed by atoms with E-state index in [1.165, 1.54) is 0 Å². The van der Waals surface area contributed by atoms with Crippen LogP contribution in [0.25, 0.3) is 0 Å². The second-order valence-corrected chi connectivity index (χ2v) is 9.43. The molecule has 0 fully saturated rings. The van der Waals surface area contributed by atoms with E-state index in [1.54, 1.807) is 36.4 Å². The molecular weight excluding hydrogens is 394 g/mol. The van der Waals surface area contributed by atoms with Crippen molar-refractivity contribution in [3.8, 4) is 11.5 Å². The molecule has 0 amide bonds. The first-order valence-corrected chi connectivity index (χ1v) is 10.5. The molecule has 3 aromatic rings. The zero-order chi connectivity index (χ0) is 22.6. The summed E-state index contributed by atoms with van der Waals surface area (Å²) in [5.41, 5.74) is 0.982. The van der Waals surface area contributed by atoms with Crippen LogP contribution in [0.2, 0.25) is 0 Å². The van der Waals surface area contributed by atoms with Crippen LogP contribution in [0.1, 0.15) is 51.3 Å². The van der Waals surface area contributed by atoms with Gasteiger partial charge in [-0.15, -0.1) is 0 Å². The lowest BCUT2D eigenvalue weighted by Gasteiger charge is -2.27. The molecule has 0 saturated heterocycles. The van der Waals surface area contributed by atoms with Gasteiger partial charge in [0.2, 0.25) is 0 Å². The molecule has 0 atom stereocenters. The average molecular weight is 425 g/mol. The number of hydrogen-bond donors (Lipinski definition) is 0. The molecule has 0 aliphatic rings. The van der Waals surface area contributed by atoms with E-state index in [0.29, 0.717) is 11.1 Å². The number of halogens is 2. The monoisotopic (exact) mass is 424 g/mol. The quantitative estimate of drug-likeness (QED) is 0.399. The first kappa shape index (κ1) is 22.8. The van der Waals surface area contributed by atoms with Crippen molar-refractivity contribution in [2.45, 2.75) is 52.1 Å². The van der Waals surface area contributed by atoms with Gasteiger partial charge in [-0.2, -0.15) is 0 Å². The Morgan fingerprint density at radius 1 is 0.645 bits per heavy atom. The molecule has 0 aliphatic carbocycles. The zero-order valence-corrected chi connectivity index (χ0v) is 18.8. The highest BCUT2D eigenvalue weighted by molar-refractivity contribution is 5.37. The molecule has 0 N–H and O–H groups in total. The van der Waals surface area contributed by atoms with Crippen LogP contribution in [-0.4, -0.2) is 6.61 Å². The molecular formula is C27H30F2O2. The van der Waals surface area contributed by atoms with E-state index in [1.807, 2.05) is 65.0 Å². The minimum absolute atomic E-state index is 0.122. The van der Waals surface area contributed by atoms with Crippen LogP contribution >= 0.6 is 0 Å². The Labute approximate surface area is 183 Å². The van der Waals surface area contributed by atoms with E-state index in [4.69, 9.17) is 9.47 Å². The average Bonchev–Trinajstić information content (AvgIpc) is 2.72. The third-order valence-electron chi connectivity index (χ3n) is 5.29. The van der Waals surface area contributed by atoms with Crippen molar-refractivity contribution in [3.05, 3.63) is 95.1 Å². The SMILES string of the molecule is CC(C)(C)c1cccc(OCC(C)(C)c2cccc(OCc3ccccc3)c2F)c1F. The molecule has 0 aromatic heterocycles. The van der Waals surface area contributed by atoms with Gasteiger partial charge >= 0.3 is 0 Å². The number of benzene rings is 3. The molecule has 0 radical (unpaired) electrons. The normalized spacial score (nSPS) is 12.0. The lowest BCUT2D eigenvalue weighted by atomic mass is 9.84. The van der Waals surface area contributed by atoms with Crippen molar-refractivity contribution in [2.75, 3.05) is 6.61 Å². The van der Waals surface area contributed by atoms with Gasteiger partial charge in [-0.3, -0.25) is 0 Å². The van der Waals surface area contributed by atoms with Gasteiger partial charge in [0, 0.05) is 11.0 Å². The van der Waals surface area contributed by atoms with Crippen molar-refractivity contribution in [1.29, 1.82) is 0 Å². The molecule has 0 aliphatic heterocycles. The summed E-state index contributed by atoms with van der Waals surface area (Å²) in [5, 5.41) is 0. The summed E-state index contributed by atoms with van der Waals surface area (Å²) in [6.07, 6.45) is 0. The summed E-state index contributed by atoms with van der Waals surface area (Å²) in [5.74, 6) is -0.421. The third-order valence-corrected chi connectivity index (χ3v) is 5.29. The predicted octanol–water partition coefficient (Wildman–Crippen LogP) is 7.20. The molecule has 31 heavy (non-hydrogen) atoms. The van der Waals surface area contributed by atoms with Crippen LogP contribution in [0.5, 0.6) is 11.5 Å². The smallest absolute Gasteiger partial charge is 0.168 e. The van der Waals surface area contributed by atoms with Gasteiger partial charge in [-0.25, -0.2) is 8.78 Å². The molecule has 164 valence electrons. The van der Waals surface area contributed by atoms with Gasteiger partial charge in [0.15, 0.2) is 23.1 Å². The van der Waals surface area contributed by atoms with Crippen LogP contribution in [0.3, 0.4) is 0 Å². The fourth-order valence-electron chi connectivity index (χ4n) is 3.42. The van der Waals surface area contributed by atoms with Crippen LogP contribution in [0, 0.1) is 11.6 Å². The number of rotatable bonds is 7. The zero-order valence-electron chi connectivity index (χ0n) is 18.8. The minimum atomic E-state index is -0.694. The minimum Gasteiger partial charge on any atom is -0.490 e. The Balaban J connectivity index is 1.76. The van der Waals surface area contributed by atoms with E-state index < -0.39 is 11.2 Å². The van der Waals surface area contributed by atoms with Crippen LogP contribution in [-0.2, 0) is 17.4 Å². The summed E-state index contributed by atoms with van der Waals surface area (Å²) in [6.45, 7) is 10.0. The molecule has 0 heterocycles. The highest BCUT2D eigenvalue weighted by Crippen LogP contribution is 2.34. The molecule has 0 bridgehead atoms. The summed E-state index contributed by atoms with van der Waals surface area (Å²) in [7, 11) is 0. The molecule has 0 unspecified atom stereocenters. The Bertz CT molecular complexity index is 1020. The second kappa shape index (κ2) is 9.09. The van der Waals surface area contributed by atoms with Gasteiger partial charge in [0.05, 0.1) is 6.61 Å². The molecule has 2 nitrogen and oxygen atoms in total. The van der Waals surface area contributed by atoms with Crippen molar-refractivity contribution in [2.24, 2.45) is 0 Å². The van der Waals surface area contributed by atoms with Crippen LogP contribution < -0.4 is 9.47 Å². The molecule has 0 saturated carbocycles. The van der Waals surface area contributed by atoms with Gasteiger partial charge in [-0.05, 0) is 28.7 Å². The largest absolute Gasteiger partial charge is 0.490 e. The predicted molar refractivity (Wildman–Crippen MR) is 121 cm³/mol. The van der Waals surface area contributed by atoms with E-state index in [2.05, 4.69) is 0 Å². The molecule has 3 rings (SSSR count). The third kappa shape index (κ3) is 5.43. The summed E-state index contributed by atoms with van der Waals surface area (Å²) in [6, 6.07) is 19.9. The van der Waals surface area contributed by atoms with Gasteiger partial charge < -0.3 is 9.47 Å². The van der Waals surface area contributed by atoms with Gasteiger partial charge in [0.25, 0.3) is 0 Å². The molecule has 3 aromatic carbocycles. The maximum Gasteiger partial charge on any atom is 0.168 e. The van der Waals surface area contributed by atoms with E-state index in [9.17, 15) is 4.39 Å². The molecule has 4 heteroatoms. The van der Waals surface area contributed by atoms with Crippen LogP contribution in [0.4, 0.5) is 8.78 Å². The summed E-state index contributed by atoms with van der Waals surface area (Å²) >= 11 is 0. The van der Waals surface area contributed by atoms with Crippen LogP contribution in [0.15, 0.2) is 66.7 Å². The lowest BCUT2D eigenvalue weighted by molar-refractivity contribution is 0.223.